The van der Waals surface area contributed by atoms with Gasteiger partial charge in [0.15, 0.2) is 11.0 Å². The highest BCUT2D eigenvalue weighted by atomic mass is 35.5. The van der Waals surface area contributed by atoms with Crippen LogP contribution in [0.5, 0.6) is 0 Å². The predicted molar refractivity (Wildman–Crippen MR) is 134 cm³/mol. The predicted octanol–water partition coefficient (Wildman–Crippen LogP) is 6.80. The largest absolute Gasteiger partial charge is 0.342 e. The molecule has 0 aliphatic rings. The number of hydrogen-bond donors (Lipinski definition) is 1. The van der Waals surface area contributed by atoms with E-state index in [0.29, 0.717) is 32.5 Å². The van der Waals surface area contributed by atoms with Gasteiger partial charge in [-0.1, -0.05) is 65.3 Å². The fourth-order valence-electron chi connectivity index (χ4n) is 3.43. The molecule has 0 fully saturated rings. The van der Waals surface area contributed by atoms with Gasteiger partial charge in [0.25, 0.3) is 5.91 Å². The molecule has 1 aromatic heterocycles. The summed E-state index contributed by atoms with van der Waals surface area (Å²) < 4.78 is 15.4. The average molecular weight is 515 g/mol. The van der Waals surface area contributed by atoms with Gasteiger partial charge in [0.2, 0.25) is 0 Å². The summed E-state index contributed by atoms with van der Waals surface area (Å²) >= 11 is 14.2. The molecule has 174 valence electrons. The summed E-state index contributed by atoms with van der Waals surface area (Å²) in [6.45, 7) is 3.85. The third-order valence-electron chi connectivity index (χ3n) is 5.25. The topological polar surface area (TPSA) is 59.8 Å². The molecule has 4 aromatic rings. The molecule has 0 saturated heterocycles. The van der Waals surface area contributed by atoms with E-state index in [1.807, 2.05) is 16.7 Å². The van der Waals surface area contributed by atoms with Crippen molar-refractivity contribution >= 4 is 40.9 Å². The Morgan fingerprint density at radius 3 is 2.62 bits per heavy atom. The van der Waals surface area contributed by atoms with E-state index in [4.69, 9.17) is 23.2 Å². The molecule has 0 aliphatic heterocycles. The monoisotopic (exact) mass is 514 g/mol. The number of benzene rings is 3. The summed E-state index contributed by atoms with van der Waals surface area (Å²) in [5.74, 6) is 0.269. The number of aromatic nitrogens is 3. The number of halogens is 3. The van der Waals surface area contributed by atoms with Crippen LogP contribution in [0.3, 0.4) is 0 Å². The number of hydrogen-bond acceptors (Lipinski definition) is 4. The van der Waals surface area contributed by atoms with E-state index < -0.39 is 17.8 Å². The van der Waals surface area contributed by atoms with Crippen molar-refractivity contribution in [2.45, 2.75) is 30.8 Å². The molecular formula is C25H21Cl2FN4OS. The van der Waals surface area contributed by atoms with Gasteiger partial charge in [-0.25, -0.2) is 4.39 Å². The van der Waals surface area contributed by atoms with Crippen LogP contribution in [0.2, 0.25) is 10.0 Å². The maximum atomic E-state index is 13.6. The average Bonchev–Trinajstić information content (AvgIpc) is 3.22. The fourth-order valence-corrected chi connectivity index (χ4v) is 4.95. The highest BCUT2D eigenvalue weighted by Gasteiger charge is 2.23. The van der Waals surface area contributed by atoms with E-state index in [1.165, 1.54) is 41.1 Å². The SMILES string of the molecule is Cc1ccccc1CSc1nnc(C(C)NC(=O)c2cccc(F)c2)n1-c1ccc(Cl)cc1Cl. The van der Waals surface area contributed by atoms with Crippen LogP contribution in [0.25, 0.3) is 5.69 Å². The third-order valence-corrected chi connectivity index (χ3v) is 6.76. The van der Waals surface area contributed by atoms with E-state index in [2.05, 4.69) is 34.6 Å². The minimum Gasteiger partial charge on any atom is -0.342 e. The lowest BCUT2D eigenvalue weighted by Crippen LogP contribution is -2.28. The van der Waals surface area contributed by atoms with E-state index >= 15 is 0 Å². The molecule has 1 atom stereocenters. The summed E-state index contributed by atoms with van der Waals surface area (Å²) in [6, 6.07) is 18.3. The molecule has 4 rings (SSSR count). The highest BCUT2D eigenvalue weighted by molar-refractivity contribution is 7.98. The maximum absolute atomic E-state index is 13.6. The molecule has 1 amide bonds. The van der Waals surface area contributed by atoms with Crippen molar-refractivity contribution in [3.05, 3.63) is 105 Å². The second-order valence-electron chi connectivity index (χ2n) is 7.69. The summed E-state index contributed by atoms with van der Waals surface area (Å²) in [6.07, 6.45) is 0. The van der Waals surface area contributed by atoms with Gasteiger partial charge >= 0.3 is 0 Å². The zero-order chi connectivity index (χ0) is 24.2. The van der Waals surface area contributed by atoms with Crippen LogP contribution in [0, 0.1) is 12.7 Å². The first-order valence-electron chi connectivity index (χ1n) is 10.5. The lowest BCUT2D eigenvalue weighted by atomic mass is 10.1. The Morgan fingerprint density at radius 1 is 1.09 bits per heavy atom. The van der Waals surface area contributed by atoms with E-state index in [-0.39, 0.29) is 5.56 Å². The first-order chi connectivity index (χ1) is 16.3. The first-order valence-corrected chi connectivity index (χ1v) is 12.2. The number of thioether (sulfide) groups is 1. The zero-order valence-electron chi connectivity index (χ0n) is 18.4. The molecule has 1 heterocycles. The van der Waals surface area contributed by atoms with Gasteiger partial charge in [0, 0.05) is 16.3 Å². The Morgan fingerprint density at radius 2 is 1.88 bits per heavy atom. The van der Waals surface area contributed by atoms with Crippen molar-refractivity contribution in [3.8, 4) is 5.69 Å². The Kier molecular flexibility index (Phi) is 7.56. The minimum atomic E-state index is -0.539. The normalized spacial score (nSPS) is 11.9. The number of carbonyl (C=O) groups is 1. The lowest BCUT2D eigenvalue weighted by molar-refractivity contribution is 0.0937. The number of amides is 1. The fraction of sp³-hybridized carbons (Fsp3) is 0.160. The number of aryl methyl sites for hydroxylation is 1. The second-order valence-corrected chi connectivity index (χ2v) is 9.48. The van der Waals surface area contributed by atoms with Crippen LogP contribution in [-0.4, -0.2) is 20.7 Å². The van der Waals surface area contributed by atoms with Crippen molar-refractivity contribution in [2.24, 2.45) is 0 Å². The molecule has 34 heavy (non-hydrogen) atoms. The Labute approximate surface area is 211 Å². The van der Waals surface area contributed by atoms with Gasteiger partial charge < -0.3 is 5.32 Å². The van der Waals surface area contributed by atoms with Crippen LogP contribution in [-0.2, 0) is 5.75 Å². The molecule has 0 aliphatic carbocycles. The van der Waals surface area contributed by atoms with Crippen molar-refractivity contribution in [1.29, 1.82) is 0 Å². The van der Waals surface area contributed by atoms with Gasteiger partial charge in [-0.3, -0.25) is 9.36 Å². The van der Waals surface area contributed by atoms with Crippen LogP contribution < -0.4 is 5.32 Å². The molecule has 3 aromatic carbocycles. The van der Waals surface area contributed by atoms with Gasteiger partial charge in [0.05, 0.1) is 16.8 Å². The highest BCUT2D eigenvalue weighted by Crippen LogP contribution is 2.32. The van der Waals surface area contributed by atoms with E-state index in [9.17, 15) is 9.18 Å². The first kappa shape index (κ1) is 24.3. The van der Waals surface area contributed by atoms with Gasteiger partial charge in [-0.15, -0.1) is 10.2 Å². The number of nitrogens with zero attached hydrogens (tertiary/aromatic N) is 3. The number of carbonyl (C=O) groups excluding carboxylic acids is 1. The quantitative estimate of drug-likeness (QED) is 0.275. The van der Waals surface area contributed by atoms with Gasteiger partial charge in [-0.2, -0.15) is 0 Å². The minimum absolute atomic E-state index is 0.219. The molecule has 0 radical (unpaired) electrons. The zero-order valence-corrected chi connectivity index (χ0v) is 20.8. The van der Waals surface area contributed by atoms with Crippen molar-refractivity contribution in [1.82, 2.24) is 20.1 Å². The maximum Gasteiger partial charge on any atom is 0.251 e. The molecule has 9 heteroatoms. The van der Waals surface area contributed by atoms with Crippen LogP contribution >= 0.6 is 35.0 Å². The molecule has 5 nitrogen and oxygen atoms in total. The summed E-state index contributed by atoms with van der Waals surface area (Å²) in [5.41, 5.74) is 3.22. The van der Waals surface area contributed by atoms with Crippen molar-refractivity contribution < 1.29 is 9.18 Å². The van der Waals surface area contributed by atoms with Gasteiger partial charge in [-0.05, 0) is 61.4 Å². The second kappa shape index (κ2) is 10.6. The lowest BCUT2D eigenvalue weighted by Gasteiger charge is -2.17. The van der Waals surface area contributed by atoms with E-state index in [0.717, 1.165) is 0 Å². The Hall–Kier alpha value is -2.87. The Balaban J connectivity index is 1.67. The van der Waals surface area contributed by atoms with Crippen LogP contribution in [0.15, 0.2) is 71.9 Å². The van der Waals surface area contributed by atoms with Crippen molar-refractivity contribution in [3.63, 3.8) is 0 Å². The molecule has 0 spiro atoms. The Bertz CT molecular complexity index is 1340. The molecule has 1 unspecified atom stereocenters. The smallest absolute Gasteiger partial charge is 0.251 e. The third kappa shape index (κ3) is 5.43. The standard InChI is InChI=1S/C25H21Cl2FN4OS/c1-15-6-3-4-7-18(15)14-34-25-31-30-23(32(25)22-11-10-19(26)13-21(22)27)16(2)29-24(33)17-8-5-9-20(28)12-17/h3-13,16H,14H2,1-2H3,(H,29,33). The summed E-state index contributed by atoms with van der Waals surface area (Å²) in [5, 5.41) is 13.2. The number of rotatable bonds is 7. The molecule has 0 saturated carbocycles. The molecule has 1 N–H and O–H groups in total. The molecule has 0 bridgehead atoms. The van der Waals surface area contributed by atoms with Crippen molar-refractivity contribution in [2.75, 3.05) is 0 Å². The summed E-state index contributed by atoms with van der Waals surface area (Å²) in [4.78, 5) is 12.7. The van der Waals surface area contributed by atoms with E-state index in [1.54, 1.807) is 31.2 Å². The number of nitrogens with one attached hydrogen (secondary N) is 1. The molecular weight excluding hydrogens is 494 g/mol. The van der Waals surface area contributed by atoms with Crippen LogP contribution in [0.4, 0.5) is 4.39 Å². The van der Waals surface area contributed by atoms with Gasteiger partial charge in [0.1, 0.15) is 5.82 Å². The summed E-state index contributed by atoms with van der Waals surface area (Å²) in [7, 11) is 0. The van der Waals surface area contributed by atoms with Crippen LogP contribution in [0.1, 0.15) is 40.3 Å².